The summed E-state index contributed by atoms with van der Waals surface area (Å²) in [7, 11) is 2.14. The first-order valence-corrected chi connectivity index (χ1v) is 7.13. The van der Waals surface area contributed by atoms with Crippen LogP contribution in [0.3, 0.4) is 0 Å². The van der Waals surface area contributed by atoms with Crippen LogP contribution in [0.15, 0.2) is 24.3 Å². The number of carboxylic acid groups (broad SMARTS) is 1. The van der Waals surface area contributed by atoms with E-state index in [4.69, 9.17) is 5.11 Å². The third kappa shape index (κ3) is 2.81. The zero-order chi connectivity index (χ0) is 13.4. The summed E-state index contributed by atoms with van der Waals surface area (Å²) < 4.78 is 0. The molecule has 0 radical (unpaired) electrons. The number of likely N-dealkylation sites (tertiary alicyclic amines) is 1. The zero-order valence-corrected chi connectivity index (χ0v) is 11.4. The summed E-state index contributed by atoms with van der Waals surface area (Å²) in [6.45, 7) is 2.28. The number of hydrogen-bond donors (Lipinski definition) is 1. The van der Waals surface area contributed by atoms with Gasteiger partial charge in [0, 0.05) is 19.0 Å². The van der Waals surface area contributed by atoms with Crippen LogP contribution in [0.5, 0.6) is 0 Å². The highest BCUT2D eigenvalue weighted by Gasteiger charge is 2.34. The standard InChI is InChI=1S/C16H21NO2/c1-17-9-14(10-17)11-2-4-12(5-3-11)15(8-16(18)19)13-6-7-13/h2-5,13-15H,6-10H2,1H3,(H,18,19). The van der Waals surface area contributed by atoms with Crippen LogP contribution in [0.1, 0.15) is 42.2 Å². The largest absolute Gasteiger partial charge is 0.481 e. The van der Waals surface area contributed by atoms with Crippen LogP contribution < -0.4 is 0 Å². The molecule has 3 nitrogen and oxygen atoms in total. The SMILES string of the molecule is CN1CC(c2ccc(C(CC(=O)O)C3CC3)cc2)C1. The topological polar surface area (TPSA) is 40.5 Å². The Hall–Kier alpha value is -1.35. The van der Waals surface area contributed by atoms with Gasteiger partial charge >= 0.3 is 5.97 Å². The van der Waals surface area contributed by atoms with Gasteiger partial charge in [0.2, 0.25) is 0 Å². The van der Waals surface area contributed by atoms with Crippen molar-refractivity contribution in [3.05, 3.63) is 35.4 Å². The molecule has 1 heterocycles. The molecule has 1 atom stereocenters. The van der Waals surface area contributed by atoms with E-state index in [0.717, 1.165) is 13.1 Å². The van der Waals surface area contributed by atoms with Crippen LogP contribution in [0.25, 0.3) is 0 Å². The molecule has 1 saturated heterocycles. The predicted molar refractivity (Wildman–Crippen MR) is 74.4 cm³/mol. The summed E-state index contributed by atoms with van der Waals surface area (Å²) in [5, 5.41) is 9.04. The van der Waals surface area contributed by atoms with Gasteiger partial charge in [0.15, 0.2) is 0 Å². The highest BCUT2D eigenvalue weighted by atomic mass is 16.4. The van der Waals surface area contributed by atoms with Crippen molar-refractivity contribution in [3.8, 4) is 0 Å². The van der Waals surface area contributed by atoms with Crippen molar-refractivity contribution in [2.24, 2.45) is 5.92 Å². The Balaban J connectivity index is 1.71. The van der Waals surface area contributed by atoms with Crippen molar-refractivity contribution in [3.63, 3.8) is 0 Å². The van der Waals surface area contributed by atoms with E-state index in [0.29, 0.717) is 11.8 Å². The predicted octanol–water partition coefficient (Wildman–Crippen LogP) is 2.68. The number of likely N-dealkylation sites (N-methyl/N-ethyl adjacent to an activating group) is 1. The number of nitrogens with zero attached hydrogens (tertiary/aromatic N) is 1. The maximum absolute atomic E-state index is 11.0. The molecule has 1 aliphatic heterocycles. The summed E-state index contributed by atoms with van der Waals surface area (Å²) in [6.07, 6.45) is 2.65. The quantitative estimate of drug-likeness (QED) is 0.884. The minimum Gasteiger partial charge on any atom is -0.481 e. The molecule has 19 heavy (non-hydrogen) atoms. The Labute approximate surface area is 114 Å². The number of carboxylic acids is 1. The molecule has 0 amide bonds. The first kappa shape index (κ1) is 12.7. The van der Waals surface area contributed by atoms with Crippen LogP contribution >= 0.6 is 0 Å². The fourth-order valence-electron chi connectivity index (χ4n) is 3.17. The van der Waals surface area contributed by atoms with Crippen molar-refractivity contribution in [2.45, 2.75) is 31.1 Å². The minimum atomic E-state index is -0.679. The number of rotatable bonds is 5. The van der Waals surface area contributed by atoms with E-state index in [1.807, 2.05) is 0 Å². The number of hydrogen-bond acceptors (Lipinski definition) is 2. The molecule has 1 saturated carbocycles. The molecule has 1 N–H and O–H groups in total. The molecule has 0 bridgehead atoms. The summed E-state index contributed by atoms with van der Waals surface area (Å²) in [5.41, 5.74) is 2.60. The number of benzene rings is 1. The zero-order valence-electron chi connectivity index (χ0n) is 11.4. The Morgan fingerprint density at radius 2 is 1.95 bits per heavy atom. The van der Waals surface area contributed by atoms with Gasteiger partial charge in [-0.05, 0) is 42.9 Å². The lowest BCUT2D eigenvalue weighted by molar-refractivity contribution is -0.137. The fourth-order valence-corrected chi connectivity index (χ4v) is 3.17. The number of aliphatic carboxylic acids is 1. The summed E-state index contributed by atoms with van der Waals surface area (Å²) in [5.74, 6) is 0.798. The molecular weight excluding hydrogens is 238 g/mol. The highest BCUT2D eigenvalue weighted by Crippen LogP contribution is 2.44. The van der Waals surface area contributed by atoms with Crippen LogP contribution in [-0.4, -0.2) is 36.1 Å². The van der Waals surface area contributed by atoms with Crippen LogP contribution in [0, 0.1) is 5.92 Å². The molecule has 102 valence electrons. The monoisotopic (exact) mass is 259 g/mol. The van der Waals surface area contributed by atoms with E-state index in [-0.39, 0.29) is 12.3 Å². The first-order valence-electron chi connectivity index (χ1n) is 7.13. The molecular formula is C16H21NO2. The maximum Gasteiger partial charge on any atom is 0.303 e. The Morgan fingerprint density at radius 3 is 2.42 bits per heavy atom. The van der Waals surface area contributed by atoms with Gasteiger partial charge in [-0.3, -0.25) is 4.79 Å². The van der Waals surface area contributed by atoms with Gasteiger partial charge in [-0.2, -0.15) is 0 Å². The molecule has 1 aromatic carbocycles. The molecule has 1 unspecified atom stereocenters. The smallest absolute Gasteiger partial charge is 0.303 e. The average molecular weight is 259 g/mol. The van der Waals surface area contributed by atoms with Gasteiger partial charge < -0.3 is 10.0 Å². The number of carbonyl (C=O) groups is 1. The Kier molecular flexibility index (Phi) is 3.31. The van der Waals surface area contributed by atoms with Gasteiger partial charge in [-0.1, -0.05) is 24.3 Å². The van der Waals surface area contributed by atoms with E-state index >= 15 is 0 Å². The Morgan fingerprint density at radius 1 is 1.32 bits per heavy atom. The second kappa shape index (κ2) is 4.97. The summed E-state index contributed by atoms with van der Waals surface area (Å²) in [4.78, 5) is 13.3. The third-order valence-corrected chi connectivity index (χ3v) is 4.49. The van der Waals surface area contributed by atoms with Gasteiger partial charge in [0.05, 0.1) is 6.42 Å². The molecule has 0 aromatic heterocycles. The van der Waals surface area contributed by atoms with Crippen molar-refractivity contribution in [2.75, 3.05) is 20.1 Å². The molecule has 3 rings (SSSR count). The molecule has 2 aliphatic rings. The third-order valence-electron chi connectivity index (χ3n) is 4.49. The second-order valence-electron chi connectivity index (χ2n) is 6.13. The van der Waals surface area contributed by atoms with Gasteiger partial charge in [0.25, 0.3) is 0 Å². The molecule has 2 fully saturated rings. The van der Waals surface area contributed by atoms with Crippen molar-refractivity contribution in [1.29, 1.82) is 0 Å². The molecule has 1 aliphatic carbocycles. The minimum absolute atomic E-state index is 0.218. The highest BCUT2D eigenvalue weighted by molar-refractivity contribution is 5.68. The fraction of sp³-hybridized carbons (Fsp3) is 0.562. The lowest BCUT2D eigenvalue weighted by Crippen LogP contribution is -2.41. The average Bonchev–Trinajstić information content (AvgIpc) is 3.16. The van der Waals surface area contributed by atoms with E-state index in [2.05, 4.69) is 36.2 Å². The van der Waals surface area contributed by atoms with Crippen LogP contribution in [-0.2, 0) is 4.79 Å². The van der Waals surface area contributed by atoms with Crippen molar-refractivity contribution < 1.29 is 9.90 Å². The van der Waals surface area contributed by atoms with E-state index in [9.17, 15) is 4.79 Å². The van der Waals surface area contributed by atoms with E-state index in [1.54, 1.807) is 0 Å². The Bertz CT molecular complexity index is 458. The normalized spacial score (nSPS) is 21.9. The molecule has 3 heteroatoms. The second-order valence-corrected chi connectivity index (χ2v) is 6.13. The van der Waals surface area contributed by atoms with Gasteiger partial charge in [-0.15, -0.1) is 0 Å². The maximum atomic E-state index is 11.0. The summed E-state index contributed by atoms with van der Waals surface area (Å²) >= 11 is 0. The molecule has 1 aromatic rings. The van der Waals surface area contributed by atoms with E-state index in [1.165, 1.54) is 24.0 Å². The van der Waals surface area contributed by atoms with Crippen molar-refractivity contribution in [1.82, 2.24) is 4.90 Å². The lowest BCUT2D eigenvalue weighted by Gasteiger charge is -2.36. The lowest BCUT2D eigenvalue weighted by atomic mass is 9.87. The first-order chi connectivity index (χ1) is 9.13. The summed E-state index contributed by atoms with van der Waals surface area (Å²) in [6, 6.07) is 8.70. The van der Waals surface area contributed by atoms with Gasteiger partial charge in [-0.25, -0.2) is 0 Å². The van der Waals surface area contributed by atoms with Crippen LogP contribution in [0.4, 0.5) is 0 Å². The van der Waals surface area contributed by atoms with Crippen molar-refractivity contribution >= 4 is 5.97 Å². The van der Waals surface area contributed by atoms with E-state index < -0.39 is 5.97 Å². The molecule has 0 spiro atoms. The van der Waals surface area contributed by atoms with Crippen LogP contribution in [0.2, 0.25) is 0 Å². The van der Waals surface area contributed by atoms with Gasteiger partial charge in [0.1, 0.15) is 0 Å².